The Morgan fingerprint density at radius 2 is 1.48 bits per heavy atom. The molecule has 0 saturated carbocycles. The molecule has 10 heteroatoms. The summed E-state index contributed by atoms with van der Waals surface area (Å²) in [5, 5.41) is 0. The van der Waals surface area contributed by atoms with Gasteiger partial charge in [0.2, 0.25) is 0 Å². The van der Waals surface area contributed by atoms with Crippen LogP contribution in [0, 0.1) is 0 Å². The molecule has 1 atom stereocenters. The van der Waals surface area contributed by atoms with Crippen LogP contribution >= 0.6 is 15.9 Å². The van der Waals surface area contributed by atoms with Gasteiger partial charge in [0.05, 0.1) is 11.0 Å². The zero-order chi connectivity index (χ0) is 16.0. The van der Waals surface area contributed by atoms with Gasteiger partial charge in [-0.15, -0.1) is 0 Å². The predicted molar refractivity (Wildman–Crippen MR) is 67.9 cm³/mol. The first-order chi connectivity index (χ1) is 9.54. The fraction of sp³-hybridized carbons (Fsp3) is 0.273. The SMILES string of the molecule is O=c1[nH]c2ccc(C(Br)C(F)(F)C(F)(F)F)cc2[nH]c1=O. The Kier molecular flexibility index (Phi) is 3.68. The van der Waals surface area contributed by atoms with Crippen LogP contribution in [0.3, 0.4) is 0 Å². The van der Waals surface area contributed by atoms with Gasteiger partial charge in [0.25, 0.3) is 0 Å². The van der Waals surface area contributed by atoms with E-state index in [1.165, 1.54) is 0 Å². The van der Waals surface area contributed by atoms with Gasteiger partial charge in [-0.2, -0.15) is 22.0 Å². The molecule has 0 fully saturated rings. The van der Waals surface area contributed by atoms with Crippen molar-refractivity contribution >= 4 is 27.0 Å². The number of benzene rings is 1. The number of hydrogen-bond acceptors (Lipinski definition) is 2. The molecule has 0 radical (unpaired) electrons. The molecule has 2 N–H and O–H groups in total. The summed E-state index contributed by atoms with van der Waals surface area (Å²) >= 11 is 2.33. The number of nitrogens with one attached hydrogen (secondary N) is 2. The lowest BCUT2D eigenvalue weighted by molar-refractivity contribution is -0.281. The standard InChI is InChI=1S/C11H6BrF5N2O2/c12-7(10(13,14)11(15,16)17)4-1-2-5-6(3-4)19-9(21)8(20)18-5/h1-3,7H,(H,18,20)(H,19,21). The molecule has 1 aromatic heterocycles. The molecule has 21 heavy (non-hydrogen) atoms. The third-order valence-corrected chi connectivity index (χ3v) is 3.84. The van der Waals surface area contributed by atoms with E-state index in [1.54, 1.807) is 0 Å². The molecule has 0 bridgehead atoms. The fourth-order valence-corrected chi connectivity index (χ4v) is 2.19. The van der Waals surface area contributed by atoms with Crippen LogP contribution in [-0.2, 0) is 0 Å². The zero-order valence-corrected chi connectivity index (χ0v) is 11.5. The minimum absolute atomic E-state index is 0.0560. The quantitative estimate of drug-likeness (QED) is 0.483. The second-order valence-electron chi connectivity index (χ2n) is 4.20. The highest BCUT2D eigenvalue weighted by Crippen LogP contribution is 2.48. The number of fused-ring (bicyclic) bond motifs is 1. The molecule has 1 unspecified atom stereocenters. The van der Waals surface area contributed by atoms with E-state index in [4.69, 9.17) is 0 Å². The lowest BCUT2D eigenvalue weighted by Crippen LogP contribution is -2.40. The van der Waals surface area contributed by atoms with Crippen LogP contribution in [0.2, 0.25) is 0 Å². The number of halogens is 6. The predicted octanol–water partition coefficient (Wildman–Crippen LogP) is 2.85. The van der Waals surface area contributed by atoms with E-state index in [9.17, 15) is 31.5 Å². The van der Waals surface area contributed by atoms with Gasteiger partial charge in [-0.1, -0.05) is 22.0 Å². The second-order valence-corrected chi connectivity index (χ2v) is 5.11. The minimum atomic E-state index is -5.73. The number of H-pyrrole nitrogens is 2. The fourth-order valence-electron chi connectivity index (χ4n) is 1.64. The largest absolute Gasteiger partial charge is 0.454 e. The number of aromatic amines is 2. The molecule has 114 valence electrons. The summed E-state index contributed by atoms with van der Waals surface area (Å²) in [5.41, 5.74) is -2.33. The van der Waals surface area contributed by atoms with Gasteiger partial charge in [-0.05, 0) is 17.7 Å². The van der Waals surface area contributed by atoms with Crippen LogP contribution in [-0.4, -0.2) is 22.1 Å². The summed E-state index contributed by atoms with van der Waals surface area (Å²) < 4.78 is 63.4. The Morgan fingerprint density at radius 3 is 2.00 bits per heavy atom. The van der Waals surface area contributed by atoms with Gasteiger partial charge in [0, 0.05) is 0 Å². The van der Waals surface area contributed by atoms with Crippen LogP contribution in [0.5, 0.6) is 0 Å². The van der Waals surface area contributed by atoms with Crippen LogP contribution in [0.4, 0.5) is 22.0 Å². The van der Waals surface area contributed by atoms with E-state index in [1.807, 2.05) is 0 Å². The van der Waals surface area contributed by atoms with E-state index >= 15 is 0 Å². The van der Waals surface area contributed by atoms with E-state index in [-0.39, 0.29) is 11.0 Å². The summed E-state index contributed by atoms with van der Waals surface area (Å²) in [7, 11) is 0. The highest BCUT2D eigenvalue weighted by Gasteiger charge is 2.62. The summed E-state index contributed by atoms with van der Waals surface area (Å²) in [6.45, 7) is 0. The molecule has 0 spiro atoms. The number of rotatable bonds is 2. The van der Waals surface area contributed by atoms with Crippen molar-refractivity contribution in [2.75, 3.05) is 0 Å². The minimum Gasteiger partial charge on any atom is -0.316 e. The maximum absolute atomic E-state index is 13.3. The Bertz CT molecular complexity index is 796. The van der Waals surface area contributed by atoms with Gasteiger partial charge >= 0.3 is 23.2 Å². The van der Waals surface area contributed by atoms with Crippen molar-refractivity contribution in [3.8, 4) is 0 Å². The zero-order valence-electron chi connectivity index (χ0n) is 9.89. The molecule has 0 aliphatic carbocycles. The van der Waals surface area contributed by atoms with Crippen molar-refractivity contribution in [1.29, 1.82) is 0 Å². The summed E-state index contributed by atoms with van der Waals surface area (Å²) in [5.74, 6) is -5.00. The Hall–Kier alpha value is -1.71. The highest BCUT2D eigenvalue weighted by atomic mass is 79.9. The molecule has 0 amide bonds. The Labute approximate surface area is 121 Å². The van der Waals surface area contributed by atoms with Crippen molar-refractivity contribution in [1.82, 2.24) is 9.97 Å². The third-order valence-electron chi connectivity index (χ3n) is 2.74. The first-order valence-electron chi connectivity index (χ1n) is 5.39. The Morgan fingerprint density at radius 1 is 0.952 bits per heavy atom. The molecular formula is C11H6BrF5N2O2. The lowest BCUT2D eigenvalue weighted by atomic mass is 10.1. The Balaban J connectivity index is 2.55. The first kappa shape index (κ1) is 15.7. The number of alkyl halides is 6. The molecule has 1 aromatic carbocycles. The molecule has 2 aromatic rings. The van der Waals surface area contributed by atoms with Crippen molar-refractivity contribution in [3.05, 3.63) is 44.5 Å². The maximum Gasteiger partial charge on any atom is 0.454 e. The maximum atomic E-state index is 13.3. The molecule has 4 nitrogen and oxygen atoms in total. The highest BCUT2D eigenvalue weighted by molar-refractivity contribution is 9.09. The second kappa shape index (κ2) is 4.93. The van der Waals surface area contributed by atoms with Crippen molar-refractivity contribution in [2.24, 2.45) is 0 Å². The smallest absolute Gasteiger partial charge is 0.316 e. The van der Waals surface area contributed by atoms with Gasteiger partial charge in [-0.3, -0.25) is 9.59 Å². The van der Waals surface area contributed by atoms with Gasteiger partial charge in [0.1, 0.15) is 4.83 Å². The van der Waals surface area contributed by atoms with Gasteiger partial charge in [0.15, 0.2) is 0 Å². The van der Waals surface area contributed by atoms with Crippen molar-refractivity contribution < 1.29 is 22.0 Å². The molecule has 2 rings (SSSR count). The lowest BCUT2D eigenvalue weighted by Gasteiger charge is -2.24. The van der Waals surface area contributed by atoms with Crippen molar-refractivity contribution in [3.63, 3.8) is 0 Å². The van der Waals surface area contributed by atoms with E-state index in [2.05, 4.69) is 25.9 Å². The van der Waals surface area contributed by atoms with Crippen molar-refractivity contribution in [2.45, 2.75) is 16.9 Å². The van der Waals surface area contributed by atoms with Gasteiger partial charge < -0.3 is 9.97 Å². The number of hydrogen-bond donors (Lipinski definition) is 2. The van der Waals surface area contributed by atoms with E-state index in [0.29, 0.717) is 0 Å². The van der Waals surface area contributed by atoms with Crippen LogP contribution in [0.1, 0.15) is 10.4 Å². The monoisotopic (exact) mass is 372 g/mol. The topological polar surface area (TPSA) is 65.7 Å². The number of aromatic nitrogens is 2. The molecule has 1 heterocycles. The van der Waals surface area contributed by atoms with Crippen LogP contribution in [0.15, 0.2) is 27.8 Å². The third kappa shape index (κ3) is 2.71. The first-order valence-corrected chi connectivity index (χ1v) is 6.30. The van der Waals surface area contributed by atoms with Gasteiger partial charge in [-0.25, -0.2) is 0 Å². The molecular weight excluding hydrogens is 367 g/mol. The molecule has 0 saturated heterocycles. The molecule has 0 aliphatic rings. The normalized spacial score (nSPS) is 14.4. The van der Waals surface area contributed by atoms with E-state index < -0.39 is 33.6 Å². The summed E-state index contributed by atoms with van der Waals surface area (Å²) in [6.07, 6.45) is -5.73. The summed E-state index contributed by atoms with van der Waals surface area (Å²) in [4.78, 5) is 24.1. The van der Waals surface area contributed by atoms with E-state index in [0.717, 1.165) is 18.2 Å². The van der Waals surface area contributed by atoms with Crippen LogP contribution in [0.25, 0.3) is 11.0 Å². The average Bonchev–Trinajstić information content (AvgIpc) is 2.37. The summed E-state index contributed by atoms with van der Waals surface area (Å²) in [6, 6.07) is 3.06. The molecule has 0 aliphatic heterocycles. The average molecular weight is 373 g/mol. The van der Waals surface area contributed by atoms with Crippen LogP contribution < -0.4 is 11.1 Å².